The Labute approximate surface area is 94.8 Å². The van der Waals surface area contributed by atoms with E-state index in [-0.39, 0.29) is 16.9 Å². The molecule has 0 aliphatic carbocycles. The van der Waals surface area contributed by atoms with Gasteiger partial charge in [0.1, 0.15) is 0 Å². The summed E-state index contributed by atoms with van der Waals surface area (Å²) in [4.78, 5) is 12.1. The van der Waals surface area contributed by atoms with Crippen molar-refractivity contribution in [2.24, 2.45) is 5.41 Å². The zero-order valence-electron chi connectivity index (χ0n) is 11.2. The summed E-state index contributed by atoms with van der Waals surface area (Å²) in [6.07, 6.45) is 4.18. The Hall–Kier alpha value is -0.530. The first-order chi connectivity index (χ1) is 6.75. The summed E-state index contributed by atoms with van der Waals surface area (Å²) in [5, 5.41) is 3.08. The van der Waals surface area contributed by atoms with Crippen LogP contribution in [0.25, 0.3) is 0 Å². The van der Waals surface area contributed by atoms with Gasteiger partial charge in [0.05, 0.1) is 0 Å². The fourth-order valence-electron chi connectivity index (χ4n) is 1.51. The number of unbranched alkanes of at least 4 members (excludes halogenated alkanes) is 1. The summed E-state index contributed by atoms with van der Waals surface area (Å²) in [5.74, 6) is 0.200. The van der Waals surface area contributed by atoms with Crippen molar-refractivity contribution < 1.29 is 4.79 Å². The maximum Gasteiger partial charge on any atom is 0.226 e. The maximum atomic E-state index is 12.1. The number of hydrogen-bond acceptors (Lipinski definition) is 1. The molecule has 1 amide bonds. The lowest BCUT2D eigenvalue weighted by molar-refractivity contribution is -0.132. The summed E-state index contributed by atoms with van der Waals surface area (Å²) in [5.41, 5.74) is -0.316. The number of carbonyl (C=O) groups is 1. The van der Waals surface area contributed by atoms with Gasteiger partial charge in [0, 0.05) is 11.0 Å². The second-order valence-corrected chi connectivity index (χ2v) is 5.72. The highest BCUT2D eigenvalue weighted by Gasteiger charge is 2.32. The zero-order chi connectivity index (χ0) is 12.1. The molecule has 1 unspecified atom stereocenters. The Morgan fingerprint density at radius 2 is 1.67 bits per heavy atom. The first-order valence-electron chi connectivity index (χ1n) is 6.08. The third-order valence-electron chi connectivity index (χ3n) is 2.90. The van der Waals surface area contributed by atoms with E-state index in [1.54, 1.807) is 0 Å². The van der Waals surface area contributed by atoms with E-state index in [1.165, 1.54) is 0 Å². The van der Waals surface area contributed by atoms with Gasteiger partial charge in [-0.05, 0) is 33.6 Å². The molecule has 0 aromatic carbocycles. The minimum absolute atomic E-state index is 0.125. The van der Waals surface area contributed by atoms with Crippen LogP contribution in [0.2, 0.25) is 0 Å². The highest BCUT2D eigenvalue weighted by atomic mass is 16.2. The molecule has 90 valence electrons. The lowest BCUT2D eigenvalue weighted by Gasteiger charge is -2.31. The normalized spacial score (nSPS) is 15.9. The van der Waals surface area contributed by atoms with Gasteiger partial charge in [-0.2, -0.15) is 0 Å². The van der Waals surface area contributed by atoms with Crippen molar-refractivity contribution in [2.75, 3.05) is 0 Å². The van der Waals surface area contributed by atoms with Gasteiger partial charge in [-0.25, -0.2) is 0 Å². The van der Waals surface area contributed by atoms with E-state index in [4.69, 9.17) is 0 Å². The van der Waals surface area contributed by atoms with Crippen LogP contribution in [0.15, 0.2) is 0 Å². The molecule has 0 radical (unpaired) electrons. The summed E-state index contributed by atoms with van der Waals surface area (Å²) >= 11 is 0. The van der Waals surface area contributed by atoms with Crippen LogP contribution in [0.4, 0.5) is 0 Å². The summed E-state index contributed by atoms with van der Waals surface area (Å²) in [6, 6.07) is 0. The third-order valence-corrected chi connectivity index (χ3v) is 2.90. The van der Waals surface area contributed by atoms with E-state index in [2.05, 4.69) is 26.1 Å². The van der Waals surface area contributed by atoms with Gasteiger partial charge in [0.15, 0.2) is 0 Å². The zero-order valence-corrected chi connectivity index (χ0v) is 11.2. The fraction of sp³-hybridized carbons (Fsp3) is 0.923. The number of amides is 1. The predicted molar refractivity (Wildman–Crippen MR) is 65.8 cm³/mol. The Morgan fingerprint density at radius 3 is 2.00 bits per heavy atom. The van der Waals surface area contributed by atoms with Gasteiger partial charge in [-0.15, -0.1) is 0 Å². The van der Waals surface area contributed by atoms with Crippen LogP contribution in [-0.2, 0) is 4.79 Å². The highest BCUT2D eigenvalue weighted by Crippen LogP contribution is 2.29. The molecule has 0 aromatic heterocycles. The minimum Gasteiger partial charge on any atom is -0.351 e. The average Bonchev–Trinajstić information content (AvgIpc) is 2.11. The van der Waals surface area contributed by atoms with Crippen molar-refractivity contribution in [2.45, 2.75) is 72.8 Å². The molecular weight excluding hydrogens is 186 g/mol. The van der Waals surface area contributed by atoms with Gasteiger partial charge in [0.2, 0.25) is 5.91 Å². The summed E-state index contributed by atoms with van der Waals surface area (Å²) in [6.45, 7) is 12.4. The first kappa shape index (κ1) is 14.5. The number of rotatable bonds is 5. The van der Waals surface area contributed by atoms with Crippen LogP contribution in [0.5, 0.6) is 0 Å². The minimum atomic E-state index is -0.191. The molecule has 0 heterocycles. The van der Waals surface area contributed by atoms with Crippen LogP contribution in [0, 0.1) is 5.41 Å². The molecule has 0 rings (SSSR count). The number of carbonyl (C=O) groups excluding carboxylic acids is 1. The summed E-state index contributed by atoms with van der Waals surface area (Å²) in [7, 11) is 0. The van der Waals surface area contributed by atoms with Gasteiger partial charge in [0.25, 0.3) is 0 Å². The van der Waals surface area contributed by atoms with E-state index < -0.39 is 0 Å². The molecule has 2 heteroatoms. The van der Waals surface area contributed by atoms with E-state index >= 15 is 0 Å². The lowest BCUT2D eigenvalue weighted by atomic mass is 9.81. The molecule has 0 fully saturated rings. The average molecular weight is 213 g/mol. The standard InChI is InChI=1S/C13H27NO/c1-7-9-10-13(6,8-2)11(15)14-12(3,4)5/h7-10H2,1-6H3,(H,14,15). The molecule has 0 aliphatic rings. The largest absolute Gasteiger partial charge is 0.351 e. The van der Waals surface area contributed by atoms with Gasteiger partial charge >= 0.3 is 0 Å². The molecule has 1 N–H and O–H groups in total. The van der Waals surface area contributed by atoms with Gasteiger partial charge in [-0.1, -0.05) is 33.6 Å². The number of hydrogen-bond donors (Lipinski definition) is 1. The SMILES string of the molecule is CCCCC(C)(CC)C(=O)NC(C)(C)C. The van der Waals surface area contributed by atoms with Crippen molar-refractivity contribution in [3.8, 4) is 0 Å². The second kappa shape index (κ2) is 5.53. The molecule has 0 bridgehead atoms. The molecule has 15 heavy (non-hydrogen) atoms. The maximum absolute atomic E-state index is 12.1. The van der Waals surface area contributed by atoms with Crippen molar-refractivity contribution in [3.63, 3.8) is 0 Å². The molecule has 1 atom stereocenters. The highest BCUT2D eigenvalue weighted by molar-refractivity contribution is 5.82. The predicted octanol–water partition coefficient (Wildman–Crippen LogP) is 3.51. The van der Waals surface area contributed by atoms with Crippen LogP contribution < -0.4 is 5.32 Å². The Balaban J connectivity index is 4.44. The Morgan fingerprint density at radius 1 is 1.13 bits per heavy atom. The van der Waals surface area contributed by atoms with Crippen LogP contribution in [0.1, 0.15) is 67.2 Å². The monoisotopic (exact) mass is 213 g/mol. The molecule has 2 nitrogen and oxygen atoms in total. The van der Waals surface area contributed by atoms with E-state index in [1.807, 2.05) is 20.8 Å². The van der Waals surface area contributed by atoms with Gasteiger partial charge in [-0.3, -0.25) is 4.79 Å². The molecular formula is C13H27NO. The first-order valence-corrected chi connectivity index (χ1v) is 6.08. The number of nitrogens with one attached hydrogen (secondary N) is 1. The Kier molecular flexibility index (Phi) is 5.33. The second-order valence-electron chi connectivity index (χ2n) is 5.72. The molecule has 0 aromatic rings. The summed E-state index contributed by atoms with van der Waals surface area (Å²) < 4.78 is 0. The lowest BCUT2D eigenvalue weighted by Crippen LogP contribution is -2.47. The van der Waals surface area contributed by atoms with Crippen molar-refractivity contribution >= 4 is 5.91 Å². The topological polar surface area (TPSA) is 29.1 Å². The molecule has 0 saturated heterocycles. The van der Waals surface area contributed by atoms with Crippen molar-refractivity contribution in [1.29, 1.82) is 0 Å². The van der Waals surface area contributed by atoms with E-state index in [0.29, 0.717) is 0 Å². The van der Waals surface area contributed by atoms with Crippen LogP contribution >= 0.6 is 0 Å². The van der Waals surface area contributed by atoms with Crippen molar-refractivity contribution in [3.05, 3.63) is 0 Å². The van der Waals surface area contributed by atoms with Crippen molar-refractivity contribution in [1.82, 2.24) is 5.32 Å². The van der Waals surface area contributed by atoms with E-state index in [0.717, 1.165) is 25.7 Å². The molecule has 0 saturated carbocycles. The quantitative estimate of drug-likeness (QED) is 0.744. The fourth-order valence-corrected chi connectivity index (χ4v) is 1.51. The smallest absolute Gasteiger partial charge is 0.226 e. The molecule has 0 spiro atoms. The van der Waals surface area contributed by atoms with Crippen LogP contribution in [0.3, 0.4) is 0 Å². The third kappa shape index (κ3) is 5.19. The Bertz CT molecular complexity index is 205. The van der Waals surface area contributed by atoms with Crippen LogP contribution in [-0.4, -0.2) is 11.4 Å². The van der Waals surface area contributed by atoms with E-state index in [9.17, 15) is 4.79 Å². The molecule has 0 aliphatic heterocycles. The van der Waals surface area contributed by atoms with Gasteiger partial charge < -0.3 is 5.32 Å².